The van der Waals surface area contributed by atoms with Gasteiger partial charge in [0.2, 0.25) is 5.91 Å². The maximum atomic E-state index is 12.7. The van der Waals surface area contributed by atoms with E-state index in [1.54, 1.807) is 0 Å². The van der Waals surface area contributed by atoms with Crippen molar-refractivity contribution in [3.63, 3.8) is 0 Å². The molecule has 0 spiro atoms. The standard InChI is InChI=1S/C31H38N6O/c1-4-15-32-20-29-33-18-26(35-29)24-11-7-22(8-12-24)23-9-13-25(14-10-23)27-19-34-31(36-27)28-6-5-16-37(28)30(38)17-21(2)3/h7-14,18-19,21,28,32H,4-6,15-17,20H2,1-3H3,(H,33,35)(H,34,36). The molecule has 1 amide bonds. The lowest BCUT2D eigenvalue weighted by Crippen LogP contribution is -2.31. The lowest BCUT2D eigenvalue weighted by atomic mass is 10.0. The maximum absolute atomic E-state index is 12.7. The minimum atomic E-state index is 0.0475. The molecular formula is C31H38N6O. The highest BCUT2D eigenvalue weighted by atomic mass is 16.2. The van der Waals surface area contributed by atoms with Crippen molar-refractivity contribution in [1.82, 2.24) is 30.2 Å². The second kappa shape index (κ2) is 11.8. The number of rotatable bonds is 10. The van der Waals surface area contributed by atoms with E-state index in [1.165, 1.54) is 5.56 Å². The van der Waals surface area contributed by atoms with Gasteiger partial charge in [-0.05, 0) is 54.0 Å². The smallest absolute Gasteiger partial charge is 0.223 e. The largest absolute Gasteiger partial charge is 0.341 e. The molecule has 4 aromatic rings. The molecule has 198 valence electrons. The Bertz CT molecular complexity index is 1340. The number of hydrogen-bond acceptors (Lipinski definition) is 4. The first-order valence-electron chi connectivity index (χ1n) is 13.8. The first-order chi connectivity index (χ1) is 18.5. The molecule has 0 saturated carbocycles. The van der Waals surface area contributed by atoms with Gasteiger partial charge in [-0.3, -0.25) is 4.79 Å². The summed E-state index contributed by atoms with van der Waals surface area (Å²) in [5.74, 6) is 2.44. The summed E-state index contributed by atoms with van der Waals surface area (Å²) in [7, 11) is 0. The second-order valence-electron chi connectivity index (χ2n) is 10.6. The number of nitrogens with one attached hydrogen (secondary N) is 3. The van der Waals surface area contributed by atoms with E-state index in [1.807, 2.05) is 17.3 Å². The van der Waals surface area contributed by atoms with E-state index in [-0.39, 0.29) is 11.9 Å². The van der Waals surface area contributed by atoms with Gasteiger partial charge in [0.15, 0.2) is 0 Å². The molecule has 1 aliphatic heterocycles. The summed E-state index contributed by atoms with van der Waals surface area (Å²) < 4.78 is 0. The number of nitrogens with zero attached hydrogens (tertiary/aromatic N) is 3. The predicted molar refractivity (Wildman–Crippen MR) is 152 cm³/mol. The summed E-state index contributed by atoms with van der Waals surface area (Å²) in [6.07, 6.45) is 7.47. The van der Waals surface area contributed by atoms with Crippen LogP contribution in [-0.2, 0) is 11.3 Å². The second-order valence-corrected chi connectivity index (χ2v) is 10.6. The highest BCUT2D eigenvalue weighted by molar-refractivity contribution is 5.77. The highest BCUT2D eigenvalue weighted by Gasteiger charge is 2.32. The minimum absolute atomic E-state index is 0.0475. The number of imidazole rings is 2. The van der Waals surface area contributed by atoms with Gasteiger partial charge in [0.1, 0.15) is 11.6 Å². The Morgan fingerprint density at radius 3 is 2.18 bits per heavy atom. The molecule has 3 heterocycles. The zero-order chi connectivity index (χ0) is 26.5. The van der Waals surface area contributed by atoms with E-state index in [0.29, 0.717) is 12.3 Å². The number of aromatic amines is 2. The molecule has 0 radical (unpaired) electrons. The Hall–Kier alpha value is -3.71. The summed E-state index contributed by atoms with van der Waals surface area (Å²) >= 11 is 0. The summed E-state index contributed by atoms with van der Waals surface area (Å²) in [5.41, 5.74) is 6.55. The van der Waals surface area contributed by atoms with Crippen molar-refractivity contribution in [2.45, 2.75) is 59.0 Å². The monoisotopic (exact) mass is 510 g/mol. The van der Waals surface area contributed by atoms with Gasteiger partial charge in [0.25, 0.3) is 0 Å². The number of amides is 1. The van der Waals surface area contributed by atoms with Crippen molar-refractivity contribution in [1.29, 1.82) is 0 Å². The van der Waals surface area contributed by atoms with Crippen LogP contribution < -0.4 is 5.32 Å². The van der Waals surface area contributed by atoms with Crippen molar-refractivity contribution in [3.05, 3.63) is 72.6 Å². The molecule has 7 heteroatoms. The van der Waals surface area contributed by atoms with Gasteiger partial charge in [-0.2, -0.15) is 0 Å². The Morgan fingerprint density at radius 2 is 1.55 bits per heavy atom. The fourth-order valence-corrected chi connectivity index (χ4v) is 5.14. The molecule has 1 saturated heterocycles. The molecule has 0 aliphatic carbocycles. The third kappa shape index (κ3) is 5.89. The average molecular weight is 511 g/mol. The Kier molecular flexibility index (Phi) is 8.03. The van der Waals surface area contributed by atoms with Crippen LogP contribution in [0.25, 0.3) is 33.6 Å². The molecule has 5 rings (SSSR count). The van der Waals surface area contributed by atoms with Gasteiger partial charge in [-0.25, -0.2) is 9.97 Å². The molecular weight excluding hydrogens is 472 g/mol. The molecule has 38 heavy (non-hydrogen) atoms. The van der Waals surface area contributed by atoms with E-state index in [4.69, 9.17) is 0 Å². The molecule has 3 N–H and O–H groups in total. The van der Waals surface area contributed by atoms with E-state index in [9.17, 15) is 4.79 Å². The minimum Gasteiger partial charge on any atom is -0.341 e. The molecule has 7 nitrogen and oxygen atoms in total. The number of carbonyl (C=O) groups excluding carboxylic acids is 1. The van der Waals surface area contributed by atoms with Crippen molar-refractivity contribution >= 4 is 5.91 Å². The predicted octanol–water partition coefficient (Wildman–Crippen LogP) is 6.34. The lowest BCUT2D eigenvalue weighted by molar-refractivity contribution is -0.133. The molecule has 2 aromatic heterocycles. The van der Waals surface area contributed by atoms with Crippen LogP contribution in [-0.4, -0.2) is 43.8 Å². The number of hydrogen-bond donors (Lipinski definition) is 3. The van der Waals surface area contributed by atoms with Crippen LogP contribution in [0, 0.1) is 5.92 Å². The summed E-state index contributed by atoms with van der Waals surface area (Å²) in [4.78, 5) is 30.8. The normalized spacial score (nSPS) is 15.5. The van der Waals surface area contributed by atoms with Gasteiger partial charge in [-0.1, -0.05) is 69.3 Å². The van der Waals surface area contributed by atoms with E-state index < -0.39 is 0 Å². The maximum Gasteiger partial charge on any atom is 0.223 e. The Balaban J connectivity index is 1.25. The van der Waals surface area contributed by atoms with Crippen LogP contribution >= 0.6 is 0 Å². The fourth-order valence-electron chi connectivity index (χ4n) is 5.14. The Labute approximate surface area is 225 Å². The van der Waals surface area contributed by atoms with Crippen molar-refractivity contribution in [2.75, 3.05) is 13.1 Å². The van der Waals surface area contributed by atoms with Gasteiger partial charge >= 0.3 is 0 Å². The van der Waals surface area contributed by atoms with Crippen molar-refractivity contribution < 1.29 is 4.79 Å². The van der Waals surface area contributed by atoms with E-state index in [0.717, 1.165) is 78.6 Å². The van der Waals surface area contributed by atoms with Crippen molar-refractivity contribution in [2.24, 2.45) is 5.92 Å². The number of aromatic nitrogens is 4. The van der Waals surface area contributed by atoms with Crippen LogP contribution in [0.1, 0.15) is 64.1 Å². The van der Waals surface area contributed by atoms with Crippen LogP contribution in [0.2, 0.25) is 0 Å². The molecule has 1 fully saturated rings. The zero-order valence-corrected chi connectivity index (χ0v) is 22.6. The quantitative estimate of drug-likeness (QED) is 0.217. The van der Waals surface area contributed by atoms with Crippen LogP contribution in [0.4, 0.5) is 0 Å². The average Bonchev–Trinajstić information content (AvgIpc) is 3.70. The van der Waals surface area contributed by atoms with Gasteiger partial charge < -0.3 is 20.2 Å². The molecule has 2 aromatic carbocycles. The Morgan fingerprint density at radius 1 is 0.947 bits per heavy atom. The topological polar surface area (TPSA) is 89.7 Å². The first-order valence-corrected chi connectivity index (χ1v) is 13.8. The SMILES string of the molecule is CCCNCc1ncc(-c2ccc(-c3ccc(-c4cnc(C5CCCN5C(=O)CC(C)C)[nH]4)cc3)cc2)[nH]1. The van der Waals surface area contributed by atoms with Crippen LogP contribution in [0.5, 0.6) is 0 Å². The van der Waals surface area contributed by atoms with E-state index in [2.05, 4.69) is 94.6 Å². The number of carbonyl (C=O) groups is 1. The summed E-state index contributed by atoms with van der Waals surface area (Å²) in [5, 5.41) is 3.38. The number of likely N-dealkylation sites (tertiary alicyclic amines) is 1. The molecule has 1 aliphatic rings. The summed E-state index contributed by atoms with van der Waals surface area (Å²) in [6.45, 7) is 8.90. The fraction of sp³-hybridized carbons (Fsp3) is 0.387. The summed E-state index contributed by atoms with van der Waals surface area (Å²) in [6, 6.07) is 17.2. The number of H-pyrrole nitrogens is 2. The third-order valence-electron chi connectivity index (χ3n) is 7.14. The van der Waals surface area contributed by atoms with Crippen molar-refractivity contribution in [3.8, 4) is 33.6 Å². The molecule has 1 unspecified atom stereocenters. The van der Waals surface area contributed by atoms with E-state index >= 15 is 0 Å². The first kappa shape index (κ1) is 25.9. The van der Waals surface area contributed by atoms with Gasteiger partial charge in [0.05, 0.1) is 36.4 Å². The third-order valence-corrected chi connectivity index (χ3v) is 7.14. The van der Waals surface area contributed by atoms with Gasteiger partial charge in [-0.15, -0.1) is 0 Å². The molecule has 0 bridgehead atoms. The zero-order valence-electron chi connectivity index (χ0n) is 22.6. The number of benzene rings is 2. The lowest BCUT2D eigenvalue weighted by Gasteiger charge is -2.24. The van der Waals surface area contributed by atoms with Crippen LogP contribution in [0.3, 0.4) is 0 Å². The van der Waals surface area contributed by atoms with Gasteiger partial charge in [0, 0.05) is 13.0 Å². The van der Waals surface area contributed by atoms with Crippen LogP contribution in [0.15, 0.2) is 60.9 Å². The molecule has 1 atom stereocenters. The highest BCUT2D eigenvalue weighted by Crippen LogP contribution is 2.33.